The van der Waals surface area contributed by atoms with Crippen LogP contribution in [0.5, 0.6) is 0 Å². The van der Waals surface area contributed by atoms with Crippen molar-refractivity contribution in [3.63, 3.8) is 0 Å². The molecule has 1 atom stereocenters. The zero-order chi connectivity index (χ0) is 15.4. The lowest BCUT2D eigenvalue weighted by Crippen LogP contribution is -2.46. The number of aromatic nitrogens is 1. The first kappa shape index (κ1) is 15.9. The van der Waals surface area contributed by atoms with E-state index in [1.807, 2.05) is 31.5 Å². The summed E-state index contributed by atoms with van der Waals surface area (Å²) in [5, 5.41) is 3.05. The zero-order valence-electron chi connectivity index (χ0n) is 13.1. The Morgan fingerprint density at radius 3 is 2.67 bits per heavy atom. The molecule has 6 heteroatoms. The quantitative estimate of drug-likeness (QED) is 0.853. The molecule has 21 heavy (non-hydrogen) atoms. The van der Waals surface area contributed by atoms with Crippen LogP contribution in [-0.2, 0) is 4.74 Å². The summed E-state index contributed by atoms with van der Waals surface area (Å²) in [7, 11) is 0. The first-order chi connectivity index (χ1) is 9.97. The Balaban J connectivity index is 1.94. The number of amides is 1. The standard InChI is InChI=1S/C15H26N4O2/c1-11(2)19-10-13(16)8-14(19)15(20)17-12(3)9-18-4-6-21-7-5-18/h8,10-12H,4-7,9,16H2,1-3H3,(H,17,20). The van der Waals surface area contributed by atoms with E-state index in [0.717, 1.165) is 32.8 Å². The molecule has 1 amide bonds. The topological polar surface area (TPSA) is 72.5 Å². The van der Waals surface area contributed by atoms with Gasteiger partial charge in [-0.1, -0.05) is 0 Å². The van der Waals surface area contributed by atoms with Gasteiger partial charge in [0.15, 0.2) is 0 Å². The lowest BCUT2D eigenvalue weighted by molar-refractivity contribution is 0.0342. The number of nitrogens with one attached hydrogen (secondary N) is 1. The maximum Gasteiger partial charge on any atom is 0.268 e. The highest BCUT2D eigenvalue weighted by molar-refractivity contribution is 5.94. The molecular formula is C15H26N4O2. The van der Waals surface area contributed by atoms with Crippen molar-refractivity contribution in [1.82, 2.24) is 14.8 Å². The van der Waals surface area contributed by atoms with Crippen LogP contribution in [-0.4, -0.2) is 54.3 Å². The SMILES string of the molecule is CC(CN1CCOCC1)NC(=O)c1cc(N)cn1C(C)C. The Labute approximate surface area is 126 Å². The normalized spacial score (nSPS) is 17.9. The smallest absolute Gasteiger partial charge is 0.268 e. The van der Waals surface area contributed by atoms with E-state index >= 15 is 0 Å². The third kappa shape index (κ3) is 4.22. The number of morpholine rings is 1. The molecule has 0 aliphatic carbocycles. The van der Waals surface area contributed by atoms with Crippen LogP contribution < -0.4 is 11.1 Å². The maximum absolute atomic E-state index is 12.4. The van der Waals surface area contributed by atoms with Crippen LogP contribution in [0.4, 0.5) is 5.69 Å². The molecule has 1 aliphatic heterocycles. The minimum absolute atomic E-state index is 0.0684. The summed E-state index contributed by atoms with van der Waals surface area (Å²) in [5.41, 5.74) is 7.05. The monoisotopic (exact) mass is 294 g/mol. The second kappa shape index (κ2) is 6.95. The summed E-state index contributed by atoms with van der Waals surface area (Å²) < 4.78 is 7.24. The lowest BCUT2D eigenvalue weighted by Gasteiger charge is -2.29. The van der Waals surface area contributed by atoms with E-state index in [9.17, 15) is 4.79 Å². The molecule has 0 spiro atoms. The number of hydrogen-bond acceptors (Lipinski definition) is 4. The molecule has 0 radical (unpaired) electrons. The molecule has 3 N–H and O–H groups in total. The van der Waals surface area contributed by atoms with Gasteiger partial charge < -0.3 is 20.4 Å². The second-order valence-corrected chi connectivity index (χ2v) is 5.95. The molecule has 2 rings (SSSR count). The number of nitrogen functional groups attached to an aromatic ring is 1. The molecule has 1 fully saturated rings. The molecule has 1 unspecified atom stereocenters. The van der Waals surface area contributed by atoms with Gasteiger partial charge in [-0.2, -0.15) is 0 Å². The molecule has 2 heterocycles. The van der Waals surface area contributed by atoms with E-state index in [4.69, 9.17) is 10.5 Å². The van der Waals surface area contributed by atoms with Gasteiger partial charge in [-0.15, -0.1) is 0 Å². The largest absolute Gasteiger partial charge is 0.397 e. The zero-order valence-corrected chi connectivity index (χ0v) is 13.1. The first-order valence-electron chi connectivity index (χ1n) is 7.55. The summed E-state index contributed by atoms with van der Waals surface area (Å²) in [6, 6.07) is 2.03. The Bertz CT molecular complexity index is 478. The number of ether oxygens (including phenoxy) is 1. The van der Waals surface area contributed by atoms with Crippen molar-refractivity contribution in [3.8, 4) is 0 Å². The maximum atomic E-state index is 12.4. The van der Waals surface area contributed by atoms with Crippen LogP contribution in [0, 0.1) is 0 Å². The second-order valence-electron chi connectivity index (χ2n) is 5.95. The summed E-state index contributed by atoms with van der Waals surface area (Å²) in [6.45, 7) is 10.3. The van der Waals surface area contributed by atoms with Crippen molar-refractivity contribution in [2.45, 2.75) is 32.9 Å². The van der Waals surface area contributed by atoms with Crippen LogP contribution in [0.25, 0.3) is 0 Å². The van der Waals surface area contributed by atoms with E-state index in [1.54, 1.807) is 6.07 Å². The van der Waals surface area contributed by atoms with Gasteiger partial charge in [0.1, 0.15) is 5.69 Å². The number of nitrogens with zero attached hydrogens (tertiary/aromatic N) is 2. The van der Waals surface area contributed by atoms with Crippen molar-refractivity contribution in [2.24, 2.45) is 0 Å². The minimum Gasteiger partial charge on any atom is -0.397 e. The van der Waals surface area contributed by atoms with E-state index in [2.05, 4.69) is 10.2 Å². The van der Waals surface area contributed by atoms with Crippen molar-refractivity contribution in [3.05, 3.63) is 18.0 Å². The van der Waals surface area contributed by atoms with Crippen LogP contribution in [0.3, 0.4) is 0 Å². The third-order valence-electron chi connectivity index (χ3n) is 3.67. The average Bonchev–Trinajstić information content (AvgIpc) is 2.82. The molecular weight excluding hydrogens is 268 g/mol. The summed E-state index contributed by atoms with van der Waals surface area (Å²) in [6.07, 6.45) is 1.81. The molecule has 0 bridgehead atoms. The number of anilines is 1. The van der Waals surface area contributed by atoms with Gasteiger partial charge in [0.05, 0.1) is 18.9 Å². The minimum atomic E-state index is -0.0684. The van der Waals surface area contributed by atoms with Crippen LogP contribution in [0.15, 0.2) is 12.3 Å². The van der Waals surface area contributed by atoms with Gasteiger partial charge >= 0.3 is 0 Å². The van der Waals surface area contributed by atoms with E-state index < -0.39 is 0 Å². The molecule has 1 aromatic rings. The molecule has 0 aromatic carbocycles. The average molecular weight is 294 g/mol. The van der Waals surface area contributed by atoms with Gasteiger partial charge in [-0.3, -0.25) is 9.69 Å². The molecule has 0 saturated carbocycles. The van der Waals surface area contributed by atoms with E-state index in [-0.39, 0.29) is 18.0 Å². The molecule has 1 aliphatic rings. The van der Waals surface area contributed by atoms with Crippen LogP contribution in [0.2, 0.25) is 0 Å². The lowest BCUT2D eigenvalue weighted by atomic mass is 10.2. The van der Waals surface area contributed by atoms with Crippen LogP contribution >= 0.6 is 0 Å². The number of rotatable bonds is 5. The summed E-state index contributed by atoms with van der Waals surface area (Å²) >= 11 is 0. The predicted octanol–water partition coefficient (Wildman–Crippen LogP) is 1.10. The molecule has 118 valence electrons. The van der Waals surface area contributed by atoms with E-state index in [1.165, 1.54) is 0 Å². The number of carbonyl (C=O) groups is 1. The van der Waals surface area contributed by atoms with Crippen LogP contribution in [0.1, 0.15) is 37.3 Å². The molecule has 1 saturated heterocycles. The van der Waals surface area contributed by atoms with Gasteiger partial charge in [-0.05, 0) is 26.8 Å². The first-order valence-corrected chi connectivity index (χ1v) is 7.55. The van der Waals surface area contributed by atoms with Crippen molar-refractivity contribution < 1.29 is 9.53 Å². The molecule has 1 aromatic heterocycles. The van der Waals surface area contributed by atoms with Crippen molar-refractivity contribution >= 4 is 11.6 Å². The number of nitrogens with two attached hydrogens (primary N) is 1. The Morgan fingerprint density at radius 2 is 2.05 bits per heavy atom. The third-order valence-corrected chi connectivity index (χ3v) is 3.67. The Hall–Kier alpha value is -1.53. The highest BCUT2D eigenvalue weighted by atomic mass is 16.5. The van der Waals surface area contributed by atoms with Gasteiger partial charge in [-0.25, -0.2) is 0 Å². The Morgan fingerprint density at radius 1 is 1.38 bits per heavy atom. The molecule has 6 nitrogen and oxygen atoms in total. The number of carbonyl (C=O) groups excluding carboxylic acids is 1. The predicted molar refractivity (Wildman–Crippen MR) is 83.4 cm³/mol. The summed E-state index contributed by atoms with van der Waals surface area (Å²) in [5.74, 6) is -0.0684. The Kier molecular flexibility index (Phi) is 5.25. The van der Waals surface area contributed by atoms with Gasteiger partial charge in [0.25, 0.3) is 5.91 Å². The highest BCUT2D eigenvalue weighted by Crippen LogP contribution is 2.16. The summed E-state index contributed by atoms with van der Waals surface area (Å²) in [4.78, 5) is 14.7. The fourth-order valence-electron chi connectivity index (χ4n) is 2.62. The highest BCUT2D eigenvalue weighted by Gasteiger charge is 2.19. The van der Waals surface area contributed by atoms with Crippen molar-refractivity contribution in [2.75, 3.05) is 38.6 Å². The van der Waals surface area contributed by atoms with Crippen molar-refractivity contribution in [1.29, 1.82) is 0 Å². The number of hydrogen-bond donors (Lipinski definition) is 2. The van der Waals surface area contributed by atoms with E-state index in [0.29, 0.717) is 11.4 Å². The fraction of sp³-hybridized carbons (Fsp3) is 0.667. The van der Waals surface area contributed by atoms with Gasteiger partial charge in [0.2, 0.25) is 0 Å². The van der Waals surface area contributed by atoms with Gasteiger partial charge in [0, 0.05) is 37.9 Å². The fourth-order valence-corrected chi connectivity index (χ4v) is 2.62.